The van der Waals surface area contributed by atoms with Crippen LogP contribution in [0.15, 0.2) is 60.7 Å². The van der Waals surface area contributed by atoms with Gasteiger partial charge in [-0.25, -0.2) is 0 Å². The second-order valence-electron chi connectivity index (χ2n) is 9.34. The molecule has 1 N–H and O–H groups in total. The summed E-state index contributed by atoms with van der Waals surface area (Å²) in [6.07, 6.45) is 0. The van der Waals surface area contributed by atoms with Crippen molar-refractivity contribution in [1.82, 2.24) is 0 Å². The third-order valence-corrected chi connectivity index (χ3v) is 7.24. The normalized spacial score (nSPS) is 20.4. The number of anilines is 2. The Morgan fingerprint density at radius 2 is 1.71 bits per heavy atom. The number of ether oxygens (including phenoxy) is 3. The van der Waals surface area contributed by atoms with Crippen molar-refractivity contribution >= 4 is 23.3 Å². The molecule has 9 heteroatoms. The van der Waals surface area contributed by atoms with Crippen LogP contribution in [0.4, 0.5) is 11.4 Å². The number of carboxylic acids is 1. The van der Waals surface area contributed by atoms with E-state index in [-0.39, 0.29) is 5.91 Å². The number of rotatable bonds is 4. The minimum absolute atomic E-state index is 0.324. The Labute approximate surface area is 219 Å². The molecule has 1 fully saturated rings. The first-order valence-corrected chi connectivity index (χ1v) is 12.5. The monoisotopic (exact) mass is 511 g/mol. The smallest absolute Gasteiger partial charge is 0.313 e. The fourth-order valence-electron chi connectivity index (χ4n) is 5.51. The fourth-order valence-corrected chi connectivity index (χ4v) is 5.51. The highest BCUT2D eigenvalue weighted by Gasteiger charge is 2.45. The summed E-state index contributed by atoms with van der Waals surface area (Å²) in [5, 5.41) is 20.5. The van der Waals surface area contributed by atoms with Crippen molar-refractivity contribution in [2.24, 2.45) is 0 Å². The van der Waals surface area contributed by atoms with Crippen LogP contribution < -0.4 is 19.3 Å². The van der Waals surface area contributed by atoms with Gasteiger partial charge in [-0.1, -0.05) is 24.3 Å². The number of carboxylic acid groups (broad SMARTS) is 1. The van der Waals surface area contributed by atoms with E-state index in [0.29, 0.717) is 79.0 Å². The van der Waals surface area contributed by atoms with Gasteiger partial charge in [-0.2, -0.15) is 5.26 Å². The number of benzene rings is 3. The van der Waals surface area contributed by atoms with Crippen LogP contribution in [0.1, 0.15) is 39.0 Å². The van der Waals surface area contributed by atoms with Gasteiger partial charge in [0.05, 0.1) is 30.5 Å². The molecule has 3 aliphatic rings. The minimum Gasteiger partial charge on any atom is -0.486 e. The number of amides is 1. The van der Waals surface area contributed by atoms with Crippen molar-refractivity contribution in [2.45, 2.75) is 12.0 Å². The maximum atomic E-state index is 14.0. The molecule has 1 saturated heterocycles. The standard InChI is InChI=1S/C29H25N3O6/c30-17-19-15-20(6-7-23(19)31-9-11-36-12-10-31)32-27(18-5-8-24-25(16-18)38-14-13-37-24)26(29(34)35)21-3-1-2-4-22(21)28(32)33/h1-8,15-16,26-27H,9-14H2,(H,34,35)/t26-,27+/m1/s1. The molecule has 0 spiro atoms. The van der Waals surface area contributed by atoms with Gasteiger partial charge in [0.25, 0.3) is 5.91 Å². The van der Waals surface area contributed by atoms with Gasteiger partial charge in [0.15, 0.2) is 11.5 Å². The van der Waals surface area contributed by atoms with Crippen LogP contribution in [0, 0.1) is 11.3 Å². The quantitative estimate of drug-likeness (QED) is 0.564. The van der Waals surface area contributed by atoms with Crippen molar-refractivity contribution in [3.8, 4) is 17.6 Å². The molecule has 0 radical (unpaired) electrons. The molecule has 38 heavy (non-hydrogen) atoms. The van der Waals surface area contributed by atoms with Crippen LogP contribution in [-0.2, 0) is 9.53 Å². The number of carbonyl (C=O) groups excluding carboxylic acids is 1. The first-order chi connectivity index (χ1) is 18.6. The van der Waals surface area contributed by atoms with E-state index in [9.17, 15) is 20.0 Å². The van der Waals surface area contributed by atoms with Gasteiger partial charge in [-0.3, -0.25) is 14.5 Å². The summed E-state index contributed by atoms with van der Waals surface area (Å²) in [5.41, 5.74) is 2.99. The molecule has 3 heterocycles. The van der Waals surface area contributed by atoms with Gasteiger partial charge >= 0.3 is 5.97 Å². The average molecular weight is 512 g/mol. The number of nitriles is 1. The predicted molar refractivity (Wildman–Crippen MR) is 138 cm³/mol. The molecular formula is C29H25N3O6. The SMILES string of the molecule is N#Cc1cc(N2C(=O)c3ccccc3[C@@H](C(=O)O)[C@@H]2c2ccc3c(c2)OCCO3)ccc1N1CCOCC1. The Hall–Kier alpha value is -4.55. The van der Waals surface area contributed by atoms with Gasteiger partial charge in [-0.05, 0) is 47.5 Å². The maximum absolute atomic E-state index is 14.0. The number of hydrogen-bond donors (Lipinski definition) is 1. The van der Waals surface area contributed by atoms with Crippen LogP contribution in [0.5, 0.6) is 11.5 Å². The van der Waals surface area contributed by atoms with Gasteiger partial charge in [-0.15, -0.1) is 0 Å². The van der Waals surface area contributed by atoms with E-state index in [0.717, 1.165) is 5.69 Å². The second kappa shape index (κ2) is 9.72. The van der Waals surface area contributed by atoms with E-state index < -0.39 is 17.9 Å². The molecule has 0 aliphatic carbocycles. The highest BCUT2D eigenvalue weighted by atomic mass is 16.6. The molecule has 2 atom stereocenters. The molecule has 0 aromatic heterocycles. The highest BCUT2D eigenvalue weighted by Crippen LogP contribution is 2.47. The fraction of sp³-hybridized carbons (Fsp3) is 0.276. The summed E-state index contributed by atoms with van der Waals surface area (Å²) in [7, 11) is 0. The summed E-state index contributed by atoms with van der Waals surface area (Å²) < 4.78 is 16.9. The van der Waals surface area contributed by atoms with E-state index in [4.69, 9.17) is 14.2 Å². The molecule has 3 aliphatic heterocycles. The average Bonchev–Trinajstić information content (AvgIpc) is 2.96. The number of morpholine rings is 1. The van der Waals surface area contributed by atoms with Crippen LogP contribution in [0.25, 0.3) is 0 Å². The van der Waals surface area contributed by atoms with Crippen molar-refractivity contribution < 1.29 is 28.9 Å². The Kier molecular flexibility index (Phi) is 6.10. The topological polar surface area (TPSA) is 112 Å². The largest absolute Gasteiger partial charge is 0.486 e. The van der Waals surface area contributed by atoms with E-state index in [1.54, 1.807) is 54.6 Å². The molecule has 0 unspecified atom stereocenters. The third kappa shape index (κ3) is 3.99. The van der Waals surface area contributed by atoms with E-state index >= 15 is 0 Å². The zero-order chi connectivity index (χ0) is 26.2. The van der Waals surface area contributed by atoms with Crippen LogP contribution in [0.3, 0.4) is 0 Å². The summed E-state index contributed by atoms with van der Waals surface area (Å²) in [6, 6.07) is 18.7. The Morgan fingerprint density at radius 1 is 0.947 bits per heavy atom. The van der Waals surface area contributed by atoms with E-state index in [1.807, 2.05) is 6.07 Å². The lowest BCUT2D eigenvalue weighted by atomic mass is 9.79. The molecule has 0 bridgehead atoms. The lowest BCUT2D eigenvalue weighted by Gasteiger charge is -2.41. The minimum atomic E-state index is -1.06. The zero-order valence-corrected chi connectivity index (χ0v) is 20.5. The summed E-state index contributed by atoms with van der Waals surface area (Å²) in [6.45, 7) is 3.26. The Balaban J connectivity index is 1.52. The first kappa shape index (κ1) is 23.8. The molecule has 0 saturated carbocycles. The molecule has 1 amide bonds. The number of hydrogen-bond acceptors (Lipinski definition) is 7. The van der Waals surface area contributed by atoms with Gasteiger partial charge < -0.3 is 24.2 Å². The van der Waals surface area contributed by atoms with E-state index in [2.05, 4.69) is 11.0 Å². The Bertz CT molecular complexity index is 1460. The summed E-state index contributed by atoms with van der Waals surface area (Å²) in [4.78, 5) is 30.4. The predicted octanol–water partition coefficient (Wildman–Crippen LogP) is 3.74. The van der Waals surface area contributed by atoms with Crippen LogP contribution >= 0.6 is 0 Å². The number of carbonyl (C=O) groups is 2. The Morgan fingerprint density at radius 3 is 2.47 bits per heavy atom. The van der Waals surface area contributed by atoms with Gasteiger partial charge in [0, 0.05) is 24.3 Å². The third-order valence-electron chi connectivity index (χ3n) is 7.24. The molecule has 3 aromatic carbocycles. The lowest BCUT2D eigenvalue weighted by molar-refractivity contribution is -0.139. The van der Waals surface area contributed by atoms with Gasteiger partial charge in [0.1, 0.15) is 25.2 Å². The van der Waals surface area contributed by atoms with Crippen LogP contribution in [-0.4, -0.2) is 56.5 Å². The number of fused-ring (bicyclic) bond motifs is 2. The first-order valence-electron chi connectivity index (χ1n) is 12.5. The summed E-state index contributed by atoms with van der Waals surface area (Å²) in [5.74, 6) is -1.36. The molecule has 9 nitrogen and oxygen atoms in total. The van der Waals surface area contributed by atoms with Crippen LogP contribution in [0.2, 0.25) is 0 Å². The number of nitrogens with zero attached hydrogens (tertiary/aromatic N) is 3. The van der Waals surface area contributed by atoms with Crippen molar-refractivity contribution in [3.05, 3.63) is 82.9 Å². The zero-order valence-electron chi connectivity index (χ0n) is 20.5. The maximum Gasteiger partial charge on any atom is 0.313 e. The molecular weight excluding hydrogens is 486 g/mol. The van der Waals surface area contributed by atoms with Gasteiger partial charge in [0.2, 0.25) is 0 Å². The molecule has 6 rings (SSSR count). The van der Waals surface area contributed by atoms with Crippen molar-refractivity contribution in [3.63, 3.8) is 0 Å². The van der Waals surface area contributed by atoms with E-state index in [1.165, 1.54) is 4.90 Å². The molecule has 192 valence electrons. The summed E-state index contributed by atoms with van der Waals surface area (Å²) >= 11 is 0. The lowest BCUT2D eigenvalue weighted by Crippen LogP contribution is -2.45. The second-order valence-corrected chi connectivity index (χ2v) is 9.34. The number of aliphatic carboxylic acids is 1. The molecule has 3 aromatic rings. The highest BCUT2D eigenvalue weighted by molar-refractivity contribution is 6.11. The van der Waals surface area contributed by atoms with Crippen molar-refractivity contribution in [2.75, 3.05) is 49.3 Å². The van der Waals surface area contributed by atoms with Crippen molar-refractivity contribution in [1.29, 1.82) is 5.26 Å².